The molecule has 1 aliphatic carbocycles. The molecule has 2 aromatic heterocycles. The molecule has 3 unspecified atom stereocenters. The molecule has 7 rings (SSSR count). The second kappa shape index (κ2) is 11.6. The van der Waals surface area contributed by atoms with Crippen LogP contribution in [-0.4, -0.2) is 103 Å². The van der Waals surface area contributed by atoms with Gasteiger partial charge in [-0.2, -0.15) is 5.26 Å². The number of halogens is 1. The first-order valence-corrected chi connectivity index (χ1v) is 15.8. The lowest BCUT2D eigenvalue weighted by molar-refractivity contribution is -0.135. The van der Waals surface area contributed by atoms with E-state index >= 15 is 4.39 Å². The number of amides is 3. The van der Waals surface area contributed by atoms with E-state index in [0.717, 1.165) is 0 Å². The normalized spacial score (nSPS) is 27.9. The summed E-state index contributed by atoms with van der Waals surface area (Å²) < 4.78 is 27.8. The van der Waals surface area contributed by atoms with Crippen LogP contribution in [0.5, 0.6) is 0 Å². The molecule has 4 aliphatic rings. The molecule has 6 atom stereocenters. The number of aliphatic hydroxyl groups excluding tert-OH is 1. The van der Waals surface area contributed by atoms with E-state index in [-0.39, 0.29) is 43.8 Å². The fourth-order valence-electron chi connectivity index (χ4n) is 7.25. The Hall–Kier alpha value is -5.10. The van der Waals surface area contributed by atoms with E-state index in [9.17, 15) is 24.8 Å². The largest absolute Gasteiger partial charge is 0.444 e. The maximum Gasteiger partial charge on any atom is 0.414 e. The summed E-state index contributed by atoms with van der Waals surface area (Å²) in [6.45, 7) is 6.29. The number of β-amino-alcohol motifs (C(OH)–C–C–N with tert-alkyl or cyclic N) is 1. The lowest BCUT2D eigenvalue weighted by Crippen LogP contribution is -2.49. The molecule has 3 aliphatic heterocycles. The minimum atomic E-state index is -0.864. The number of anilines is 1. The molecule has 3 amide bonds. The fourth-order valence-corrected chi connectivity index (χ4v) is 7.25. The topological polar surface area (TPSA) is 167 Å². The zero-order valence-electron chi connectivity index (χ0n) is 26.7. The van der Waals surface area contributed by atoms with E-state index in [4.69, 9.17) is 9.47 Å². The second-order valence-corrected chi connectivity index (χ2v) is 13.9. The van der Waals surface area contributed by atoms with E-state index in [1.165, 1.54) is 22.1 Å². The van der Waals surface area contributed by atoms with E-state index < -0.39 is 47.3 Å². The smallest absolute Gasteiger partial charge is 0.414 e. The number of carbonyl (C=O) groups is 3. The minimum Gasteiger partial charge on any atom is -0.444 e. The van der Waals surface area contributed by atoms with Crippen molar-refractivity contribution in [2.75, 3.05) is 31.1 Å². The van der Waals surface area contributed by atoms with Crippen molar-refractivity contribution in [1.29, 1.82) is 5.26 Å². The third kappa shape index (κ3) is 5.59. The van der Waals surface area contributed by atoms with E-state index in [2.05, 4.69) is 21.4 Å². The van der Waals surface area contributed by atoms with Crippen molar-refractivity contribution in [3.63, 3.8) is 0 Å². The summed E-state index contributed by atoms with van der Waals surface area (Å²) >= 11 is 0. The Balaban J connectivity index is 1.00. The first-order chi connectivity index (χ1) is 22.9. The zero-order chi connectivity index (χ0) is 34.0. The molecule has 14 nitrogen and oxygen atoms in total. The number of aliphatic hydroxyl groups is 1. The summed E-state index contributed by atoms with van der Waals surface area (Å²) in [5.41, 5.74) is 0.318. The first kappa shape index (κ1) is 31.5. The predicted molar refractivity (Wildman–Crippen MR) is 165 cm³/mol. The molecule has 3 aromatic rings. The molecule has 3 saturated heterocycles. The monoisotopic (exact) mass is 658 g/mol. The summed E-state index contributed by atoms with van der Waals surface area (Å²) in [5.74, 6) is -1.18. The number of rotatable bonds is 6. The molecule has 1 aromatic carbocycles. The number of benzene rings is 1. The third-order valence-electron chi connectivity index (χ3n) is 9.51. The number of hydrogen-bond donors (Lipinski definition) is 1. The quantitative estimate of drug-likeness (QED) is 0.416. The molecule has 5 heterocycles. The van der Waals surface area contributed by atoms with E-state index in [0.29, 0.717) is 35.6 Å². The van der Waals surface area contributed by atoms with Crippen LogP contribution < -0.4 is 4.90 Å². The number of ether oxygens (including phenoxy) is 2. The van der Waals surface area contributed by atoms with Crippen molar-refractivity contribution in [2.45, 2.75) is 63.5 Å². The van der Waals surface area contributed by atoms with Crippen molar-refractivity contribution in [1.82, 2.24) is 29.8 Å². The van der Waals surface area contributed by atoms with Gasteiger partial charge in [-0.3, -0.25) is 19.6 Å². The Morgan fingerprint density at radius 3 is 2.67 bits per heavy atom. The third-order valence-corrected chi connectivity index (χ3v) is 9.51. The maximum absolute atomic E-state index is 15.4. The number of carbonyl (C=O) groups excluding carboxylic acids is 3. The number of hydrogen-bond acceptors (Lipinski definition) is 10. The van der Waals surface area contributed by atoms with Gasteiger partial charge in [0, 0.05) is 60.6 Å². The van der Waals surface area contributed by atoms with Gasteiger partial charge in [0.05, 0.1) is 49.1 Å². The molecular formula is C33H35FN8O6. The number of likely N-dealkylation sites (tertiary alicyclic amines) is 2. The van der Waals surface area contributed by atoms with Crippen LogP contribution in [0.1, 0.15) is 38.8 Å². The van der Waals surface area contributed by atoms with Gasteiger partial charge >= 0.3 is 12.2 Å². The van der Waals surface area contributed by atoms with Gasteiger partial charge in [0.15, 0.2) is 0 Å². The summed E-state index contributed by atoms with van der Waals surface area (Å²) in [5, 5.41) is 28.1. The Morgan fingerprint density at radius 2 is 2.02 bits per heavy atom. The predicted octanol–water partition coefficient (Wildman–Crippen LogP) is 2.94. The summed E-state index contributed by atoms with van der Waals surface area (Å²) in [4.78, 5) is 47.7. The lowest BCUT2D eigenvalue weighted by Gasteiger charge is -2.31. The van der Waals surface area contributed by atoms with Gasteiger partial charge in [0.25, 0.3) is 0 Å². The standard InChI is InChI=1S/C33H35FN8O6/c1-32(2,3)48-31(46)42-13-21(43)11-27(42)29(44)39-16-24-28(33(24,17-35)18-39)26-7-4-19(12-36-26)23-6-5-20(10-25(23)34)41-15-22(47-30(41)45)14-40-9-8-37-38-40/h4-10,12,21-22,24,27-28,43H,11,13-16,18H2,1-3H3/t21-,22+,24?,27+,28?,33?/m1/s1. The molecule has 0 radical (unpaired) electrons. The van der Waals surface area contributed by atoms with Gasteiger partial charge in [0.1, 0.15) is 23.6 Å². The van der Waals surface area contributed by atoms with Gasteiger partial charge in [-0.05, 0) is 45.0 Å². The maximum atomic E-state index is 15.4. The van der Waals surface area contributed by atoms with Crippen molar-refractivity contribution in [2.24, 2.45) is 11.3 Å². The highest BCUT2D eigenvalue weighted by molar-refractivity contribution is 5.90. The molecule has 0 spiro atoms. The van der Waals surface area contributed by atoms with E-state index in [1.807, 2.05) is 0 Å². The van der Waals surface area contributed by atoms with Crippen LogP contribution in [0.3, 0.4) is 0 Å². The molecule has 250 valence electrons. The summed E-state index contributed by atoms with van der Waals surface area (Å²) in [7, 11) is 0. The molecule has 1 N–H and O–H groups in total. The van der Waals surface area contributed by atoms with Crippen molar-refractivity contribution in [3.05, 3.63) is 60.4 Å². The fraction of sp³-hybridized carbons (Fsp3) is 0.485. The van der Waals surface area contributed by atoms with Crippen LogP contribution >= 0.6 is 0 Å². The number of nitriles is 1. The van der Waals surface area contributed by atoms with Crippen LogP contribution in [-0.2, 0) is 20.8 Å². The van der Waals surface area contributed by atoms with Crippen LogP contribution in [0.2, 0.25) is 0 Å². The molecule has 15 heteroatoms. The van der Waals surface area contributed by atoms with Crippen molar-refractivity contribution in [3.8, 4) is 17.2 Å². The number of cyclic esters (lactones) is 1. The Labute approximate surface area is 275 Å². The number of piperidine rings is 1. The van der Waals surface area contributed by atoms with Gasteiger partial charge in [0.2, 0.25) is 5.91 Å². The molecule has 1 saturated carbocycles. The summed E-state index contributed by atoms with van der Waals surface area (Å²) in [6, 6.07) is 9.62. The number of aromatic nitrogens is 4. The highest BCUT2D eigenvalue weighted by Gasteiger charge is 2.72. The van der Waals surface area contributed by atoms with E-state index in [1.54, 1.807) is 67.0 Å². The number of fused-ring (bicyclic) bond motifs is 1. The zero-order valence-corrected chi connectivity index (χ0v) is 26.7. The average Bonchev–Trinajstić information content (AvgIpc) is 3.64. The number of nitrogens with zero attached hydrogens (tertiary/aromatic N) is 8. The van der Waals surface area contributed by atoms with Crippen molar-refractivity contribution >= 4 is 23.8 Å². The van der Waals surface area contributed by atoms with Gasteiger partial charge in [-0.1, -0.05) is 11.3 Å². The van der Waals surface area contributed by atoms with Crippen LogP contribution in [0.4, 0.5) is 19.7 Å². The van der Waals surface area contributed by atoms with Crippen LogP contribution in [0, 0.1) is 28.5 Å². The summed E-state index contributed by atoms with van der Waals surface area (Å²) in [6.07, 6.45) is 2.35. The lowest BCUT2D eigenvalue weighted by atomic mass is 10.0. The SMILES string of the molecule is CC(C)(C)OC(=O)N1C[C@H](O)C[C@H]1C(=O)N1CC2C(c3ccc(-c4ccc(N5C[C@H](Cn6ccnn6)OC5=O)cc4F)cn3)C2(C#N)C1. The van der Waals surface area contributed by atoms with Crippen molar-refractivity contribution < 1.29 is 33.4 Å². The molecular weight excluding hydrogens is 623 g/mol. The number of pyridine rings is 1. The Bertz CT molecular complexity index is 1790. The van der Waals surface area contributed by atoms with Crippen LogP contribution in [0.25, 0.3) is 11.1 Å². The molecule has 0 bridgehead atoms. The minimum absolute atomic E-state index is 0.00430. The van der Waals surface area contributed by atoms with Gasteiger partial charge < -0.3 is 19.5 Å². The Kier molecular flexibility index (Phi) is 7.58. The second-order valence-electron chi connectivity index (χ2n) is 13.9. The average molecular weight is 659 g/mol. The molecule has 48 heavy (non-hydrogen) atoms. The van der Waals surface area contributed by atoms with Crippen LogP contribution in [0.15, 0.2) is 48.9 Å². The Morgan fingerprint density at radius 1 is 1.21 bits per heavy atom. The highest BCUT2D eigenvalue weighted by atomic mass is 19.1. The first-order valence-electron chi connectivity index (χ1n) is 15.8. The van der Waals surface area contributed by atoms with Gasteiger partial charge in [-0.15, -0.1) is 5.10 Å². The highest BCUT2D eigenvalue weighted by Crippen LogP contribution is 2.68. The van der Waals surface area contributed by atoms with Gasteiger partial charge in [-0.25, -0.2) is 18.7 Å². The molecule has 4 fully saturated rings.